The molecule has 216 valence electrons. The number of hydrogen-bond acceptors (Lipinski definition) is 11. The first kappa shape index (κ1) is 27.1. The van der Waals surface area contributed by atoms with Gasteiger partial charge >= 0.3 is 16.5 Å². The Bertz CT molecular complexity index is 1610. The van der Waals surface area contributed by atoms with E-state index in [-0.39, 0.29) is 38.0 Å². The molecule has 2 aromatic heterocycles. The Morgan fingerprint density at radius 2 is 1.85 bits per heavy atom. The Morgan fingerprint density at radius 1 is 1.07 bits per heavy atom. The van der Waals surface area contributed by atoms with Crippen molar-refractivity contribution in [3.8, 4) is 0 Å². The second kappa shape index (κ2) is 10.7. The molecule has 2 fully saturated rings. The number of carbonyl (C=O) groups is 3. The van der Waals surface area contributed by atoms with Gasteiger partial charge < -0.3 is 14.6 Å². The lowest BCUT2D eigenvalue weighted by atomic mass is 10.1. The molecule has 0 bridgehead atoms. The largest absolute Gasteiger partial charge is 0.534 e. The number of nitrogens with one attached hydrogen (secondary N) is 1. The normalized spacial score (nSPS) is 24.2. The van der Waals surface area contributed by atoms with Crippen LogP contribution in [-0.2, 0) is 40.1 Å². The quantitative estimate of drug-likeness (QED) is 0.292. The highest BCUT2D eigenvalue weighted by atomic mass is 32.2. The van der Waals surface area contributed by atoms with E-state index < -0.39 is 40.3 Å². The Morgan fingerprint density at radius 3 is 2.63 bits per heavy atom. The number of nitrogens with two attached hydrogens (primary N) is 1. The molecule has 0 spiro atoms. The number of aromatic nitrogens is 3. The number of fused-ring (bicyclic) bond motifs is 2. The van der Waals surface area contributed by atoms with Gasteiger partial charge in [0.25, 0.3) is 11.8 Å². The summed E-state index contributed by atoms with van der Waals surface area (Å²) in [4.78, 5) is 49.9. The molecule has 0 unspecified atom stereocenters. The van der Waals surface area contributed by atoms with E-state index in [1.807, 2.05) is 29.0 Å². The van der Waals surface area contributed by atoms with E-state index in [9.17, 15) is 22.8 Å². The molecule has 41 heavy (non-hydrogen) atoms. The second-order valence-electron chi connectivity index (χ2n) is 10.4. The SMILES string of the molecule is NS(=O)(=O)OC[C@@H]1C[C@@H](n2ccc3c(N[C@H]4CCc5ccccc54)ncnc32)C[C@@H]1OC(=O)ON1C(=O)CCC1=O. The fourth-order valence-corrected chi connectivity index (χ4v) is 6.28. The summed E-state index contributed by atoms with van der Waals surface area (Å²) < 4.78 is 35.1. The summed E-state index contributed by atoms with van der Waals surface area (Å²) in [5.74, 6) is -1.18. The summed E-state index contributed by atoms with van der Waals surface area (Å²) >= 11 is 0. The summed E-state index contributed by atoms with van der Waals surface area (Å²) in [6.45, 7) is -0.336. The van der Waals surface area contributed by atoms with Crippen molar-refractivity contribution in [3.05, 3.63) is 54.0 Å². The minimum atomic E-state index is -4.25. The molecule has 15 heteroatoms. The summed E-state index contributed by atoms with van der Waals surface area (Å²) in [6.07, 6.45) is 3.68. The summed E-state index contributed by atoms with van der Waals surface area (Å²) in [7, 11) is -4.25. The van der Waals surface area contributed by atoms with Gasteiger partial charge in [-0.15, -0.1) is 0 Å². The molecule has 0 radical (unpaired) electrons. The number of amides is 2. The Kier molecular flexibility index (Phi) is 7.09. The first-order chi connectivity index (χ1) is 19.7. The van der Waals surface area contributed by atoms with Crippen molar-refractivity contribution in [1.82, 2.24) is 19.6 Å². The maximum absolute atomic E-state index is 12.5. The van der Waals surface area contributed by atoms with Gasteiger partial charge in [-0.1, -0.05) is 29.3 Å². The van der Waals surface area contributed by atoms with Gasteiger partial charge in [-0.3, -0.25) is 18.6 Å². The number of aryl methyl sites for hydroxylation is 1. The van der Waals surface area contributed by atoms with E-state index in [1.165, 1.54) is 17.5 Å². The highest BCUT2D eigenvalue weighted by Crippen LogP contribution is 2.40. The molecule has 3 aromatic rings. The molecule has 3 heterocycles. The minimum absolute atomic E-state index is 0.0604. The van der Waals surface area contributed by atoms with E-state index in [4.69, 9.17) is 18.9 Å². The van der Waals surface area contributed by atoms with Crippen LogP contribution < -0.4 is 10.5 Å². The van der Waals surface area contributed by atoms with Crippen LogP contribution in [0.1, 0.15) is 55.3 Å². The number of carbonyl (C=O) groups excluding carboxylic acids is 3. The van der Waals surface area contributed by atoms with Crippen LogP contribution in [0, 0.1) is 5.92 Å². The molecule has 1 aliphatic heterocycles. The lowest BCUT2D eigenvalue weighted by Crippen LogP contribution is -2.35. The highest BCUT2D eigenvalue weighted by molar-refractivity contribution is 7.84. The van der Waals surface area contributed by atoms with Gasteiger partial charge in [-0.25, -0.2) is 19.9 Å². The third-order valence-corrected chi connectivity index (χ3v) is 8.28. The standard InChI is InChI=1S/C26H28N6O8S/c27-41(36,37)38-13-16-11-17(12-21(16)39-26(35)40-32-22(33)7-8-23(32)34)31-10-9-19-24(28-14-29-25(19)31)30-20-6-5-15-3-1-2-4-18(15)20/h1-4,9-10,14,16-17,20-21H,5-8,11-13H2,(H2,27,36,37)(H,28,29,30)/t16-,17+,20-,21-/m0/s1. The average Bonchev–Trinajstić information content (AvgIpc) is 3.71. The van der Waals surface area contributed by atoms with Crippen LogP contribution in [0.3, 0.4) is 0 Å². The van der Waals surface area contributed by atoms with E-state index in [0.29, 0.717) is 22.9 Å². The van der Waals surface area contributed by atoms with Crippen LogP contribution in [0.15, 0.2) is 42.9 Å². The maximum atomic E-state index is 12.5. The fraction of sp³-hybridized carbons (Fsp3) is 0.423. The summed E-state index contributed by atoms with van der Waals surface area (Å²) in [5, 5.41) is 9.78. The Labute approximate surface area is 235 Å². The zero-order valence-electron chi connectivity index (χ0n) is 21.8. The molecule has 3 aliphatic rings. The van der Waals surface area contributed by atoms with Crippen LogP contribution in [0.5, 0.6) is 0 Å². The van der Waals surface area contributed by atoms with Crippen molar-refractivity contribution >= 4 is 45.1 Å². The van der Waals surface area contributed by atoms with E-state index in [2.05, 4.69) is 27.4 Å². The first-order valence-electron chi connectivity index (χ1n) is 13.2. The van der Waals surface area contributed by atoms with Crippen molar-refractivity contribution < 1.29 is 36.6 Å². The van der Waals surface area contributed by atoms with Gasteiger partial charge in [0, 0.05) is 37.4 Å². The number of anilines is 1. The molecule has 4 atom stereocenters. The number of imide groups is 1. The van der Waals surface area contributed by atoms with Gasteiger partial charge in [0.2, 0.25) is 0 Å². The van der Waals surface area contributed by atoms with E-state index >= 15 is 0 Å². The average molecular weight is 585 g/mol. The fourth-order valence-electron chi connectivity index (χ4n) is 5.92. The number of rotatable bonds is 8. The molecule has 6 rings (SSSR count). The van der Waals surface area contributed by atoms with Crippen LogP contribution >= 0.6 is 0 Å². The number of benzene rings is 1. The van der Waals surface area contributed by atoms with Gasteiger partial charge in [0.05, 0.1) is 18.0 Å². The van der Waals surface area contributed by atoms with E-state index in [0.717, 1.165) is 18.2 Å². The summed E-state index contributed by atoms with van der Waals surface area (Å²) in [5.41, 5.74) is 3.22. The molecule has 14 nitrogen and oxygen atoms in total. The van der Waals surface area contributed by atoms with Crippen molar-refractivity contribution in [2.45, 2.75) is 56.7 Å². The first-order valence-corrected chi connectivity index (χ1v) is 14.7. The summed E-state index contributed by atoms with van der Waals surface area (Å²) in [6, 6.07) is 10.1. The van der Waals surface area contributed by atoms with E-state index in [1.54, 1.807) is 0 Å². The smallest absolute Gasteiger partial charge is 0.429 e. The van der Waals surface area contributed by atoms with Crippen molar-refractivity contribution in [3.63, 3.8) is 0 Å². The van der Waals surface area contributed by atoms with Crippen LogP contribution in [-0.4, -0.2) is 58.7 Å². The monoisotopic (exact) mass is 584 g/mol. The van der Waals surface area contributed by atoms with Crippen LogP contribution in [0.4, 0.5) is 10.6 Å². The van der Waals surface area contributed by atoms with Crippen LogP contribution in [0.25, 0.3) is 11.0 Å². The lowest BCUT2D eigenvalue weighted by Gasteiger charge is -2.20. The zero-order chi connectivity index (χ0) is 28.7. The van der Waals surface area contributed by atoms with Gasteiger partial charge in [-0.2, -0.15) is 8.42 Å². The molecule has 3 N–H and O–H groups in total. The van der Waals surface area contributed by atoms with Gasteiger partial charge in [-0.05, 0) is 36.5 Å². The van der Waals surface area contributed by atoms with Crippen molar-refractivity contribution in [1.29, 1.82) is 0 Å². The number of hydrogen-bond donors (Lipinski definition) is 2. The second-order valence-corrected chi connectivity index (χ2v) is 11.6. The predicted molar refractivity (Wildman–Crippen MR) is 142 cm³/mol. The number of nitrogens with zero attached hydrogens (tertiary/aromatic N) is 4. The zero-order valence-corrected chi connectivity index (χ0v) is 22.7. The number of ether oxygens (including phenoxy) is 1. The van der Waals surface area contributed by atoms with Gasteiger partial charge in [0.1, 0.15) is 23.9 Å². The topological polar surface area (TPSA) is 185 Å². The molecule has 1 saturated heterocycles. The molecular formula is C26H28N6O8S. The molecular weight excluding hydrogens is 556 g/mol. The molecule has 1 aromatic carbocycles. The maximum Gasteiger partial charge on any atom is 0.534 e. The van der Waals surface area contributed by atoms with Crippen molar-refractivity contribution in [2.75, 3.05) is 11.9 Å². The molecule has 2 aliphatic carbocycles. The van der Waals surface area contributed by atoms with Crippen molar-refractivity contribution in [2.24, 2.45) is 11.1 Å². The minimum Gasteiger partial charge on any atom is -0.429 e. The Balaban J connectivity index is 1.21. The van der Waals surface area contributed by atoms with Gasteiger partial charge in [0.15, 0.2) is 0 Å². The third kappa shape index (κ3) is 5.60. The van der Waals surface area contributed by atoms with Crippen LogP contribution in [0.2, 0.25) is 0 Å². The molecule has 2 amide bonds. The lowest BCUT2D eigenvalue weighted by molar-refractivity contribution is -0.179. The highest BCUT2D eigenvalue weighted by Gasteiger charge is 2.41. The Hall–Kier alpha value is -4.08. The third-order valence-electron chi connectivity index (χ3n) is 7.82. The number of hydroxylamine groups is 2. The molecule has 1 saturated carbocycles. The predicted octanol–water partition coefficient (Wildman–Crippen LogP) is 2.29.